The first kappa shape index (κ1) is 10.1. The molecule has 17 heavy (non-hydrogen) atoms. The summed E-state index contributed by atoms with van der Waals surface area (Å²) in [5.74, 6) is 1.58. The lowest BCUT2D eigenvalue weighted by molar-refractivity contribution is 0.357. The molecule has 1 aromatic carbocycles. The van der Waals surface area contributed by atoms with Crippen LogP contribution < -0.4 is 10.5 Å². The molecule has 0 radical (unpaired) electrons. The highest BCUT2D eigenvalue weighted by molar-refractivity contribution is 5.77. The van der Waals surface area contributed by atoms with Gasteiger partial charge in [-0.3, -0.25) is 0 Å². The first-order valence-corrected chi connectivity index (χ1v) is 5.73. The number of pyridine rings is 1. The summed E-state index contributed by atoms with van der Waals surface area (Å²) in [5, 5.41) is 0. The Kier molecular flexibility index (Phi) is 2.25. The number of rotatable bonds is 1. The van der Waals surface area contributed by atoms with E-state index in [0.717, 1.165) is 35.5 Å². The molecule has 0 saturated heterocycles. The monoisotopic (exact) mass is 226 g/mol. The number of nitrogens with two attached hydrogens (primary N) is 1. The zero-order chi connectivity index (χ0) is 11.8. The molecule has 3 nitrogen and oxygen atoms in total. The number of fused-ring (bicyclic) bond motifs is 1. The van der Waals surface area contributed by atoms with E-state index < -0.39 is 0 Å². The highest BCUT2D eigenvalue weighted by atomic mass is 16.5. The van der Waals surface area contributed by atoms with E-state index in [9.17, 15) is 0 Å². The van der Waals surface area contributed by atoms with Gasteiger partial charge in [0.15, 0.2) is 0 Å². The Morgan fingerprint density at radius 1 is 1.29 bits per heavy atom. The second-order valence-corrected chi connectivity index (χ2v) is 4.31. The summed E-state index contributed by atoms with van der Waals surface area (Å²) >= 11 is 0. The van der Waals surface area contributed by atoms with Crippen molar-refractivity contribution in [2.45, 2.75) is 13.3 Å². The number of nitrogens with zero attached hydrogens (tertiary/aromatic N) is 1. The molecule has 3 rings (SSSR count). The number of hydrogen-bond donors (Lipinski definition) is 1. The van der Waals surface area contributed by atoms with Gasteiger partial charge in [0.1, 0.15) is 11.6 Å². The van der Waals surface area contributed by atoms with Gasteiger partial charge in [0, 0.05) is 18.2 Å². The number of anilines is 1. The third-order valence-electron chi connectivity index (χ3n) is 3.17. The molecule has 2 N–H and O–H groups in total. The molecular formula is C14H14N2O. The molecule has 86 valence electrons. The largest absolute Gasteiger partial charge is 0.493 e. The van der Waals surface area contributed by atoms with E-state index in [2.05, 4.69) is 18.0 Å². The molecule has 1 aliphatic rings. The van der Waals surface area contributed by atoms with Crippen molar-refractivity contribution < 1.29 is 4.74 Å². The highest BCUT2D eigenvalue weighted by Gasteiger charge is 2.14. The van der Waals surface area contributed by atoms with Gasteiger partial charge in [-0.15, -0.1) is 0 Å². The maximum atomic E-state index is 5.96. The first-order valence-electron chi connectivity index (χ1n) is 5.73. The number of aromatic nitrogens is 1. The molecule has 1 aliphatic heterocycles. The molecule has 0 unspecified atom stereocenters. The molecule has 1 aromatic heterocycles. The van der Waals surface area contributed by atoms with E-state index in [1.165, 1.54) is 5.56 Å². The van der Waals surface area contributed by atoms with Gasteiger partial charge in [-0.1, -0.05) is 6.07 Å². The molecule has 0 saturated carbocycles. The summed E-state index contributed by atoms with van der Waals surface area (Å²) in [5.41, 5.74) is 10.5. The minimum Gasteiger partial charge on any atom is -0.493 e. The normalized spacial score (nSPS) is 13.2. The first-order chi connectivity index (χ1) is 8.25. The summed E-state index contributed by atoms with van der Waals surface area (Å²) in [6, 6.07) is 8.20. The van der Waals surface area contributed by atoms with Crippen LogP contribution in [-0.2, 0) is 6.42 Å². The fraction of sp³-hybridized carbons (Fsp3) is 0.214. The zero-order valence-electron chi connectivity index (χ0n) is 9.73. The van der Waals surface area contributed by atoms with Gasteiger partial charge in [-0.25, -0.2) is 4.98 Å². The molecule has 0 fully saturated rings. The van der Waals surface area contributed by atoms with Gasteiger partial charge < -0.3 is 10.5 Å². The number of nitrogen functional groups attached to an aromatic ring is 1. The summed E-state index contributed by atoms with van der Waals surface area (Å²) < 4.78 is 5.50. The SMILES string of the molecule is Cc1ccnc(N)c1-c1ccc2c(c1)CCO2. The van der Waals surface area contributed by atoms with Crippen LogP contribution in [-0.4, -0.2) is 11.6 Å². The van der Waals surface area contributed by atoms with Crippen LogP contribution in [0, 0.1) is 6.92 Å². The van der Waals surface area contributed by atoms with E-state index in [4.69, 9.17) is 10.5 Å². The minimum absolute atomic E-state index is 0.587. The molecule has 3 heteroatoms. The topological polar surface area (TPSA) is 48.1 Å². The summed E-state index contributed by atoms with van der Waals surface area (Å²) in [6.45, 7) is 2.83. The summed E-state index contributed by atoms with van der Waals surface area (Å²) in [6.07, 6.45) is 2.72. The zero-order valence-corrected chi connectivity index (χ0v) is 9.73. The lowest BCUT2D eigenvalue weighted by atomic mass is 9.99. The number of aryl methyl sites for hydroxylation is 1. The van der Waals surface area contributed by atoms with Crippen molar-refractivity contribution in [2.24, 2.45) is 0 Å². The van der Waals surface area contributed by atoms with E-state index in [1.54, 1.807) is 6.20 Å². The highest BCUT2D eigenvalue weighted by Crippen LogP contribution is 2.33. The van der Waals surface area contributed by atoms with Crippen LogP contribution >= 0.6 is 0 Å². The summed E-state index contributed by atoms with van der Waals surface area (Å²) in [7, 11) is 0. The molecule has 0 spiro atoms. The lowest BCUT2D eigenvalue weighted by Gasteiger charge is -2.09. The van der Waals surface area contributed by atoms with Crippen molar-refractivity contribution in [3.8, 4) is 16.9 Å². The quantitative estimate of drug-likeness (QED) is 0.813. The second-order valence-electron chi connectivity index (χ2n) is 4.31. The Morgan fingerprint density at radius 2 is 2.18 bits per heavy atom. The molecule has 2 heterocycles. The van der Waals surface area contributed by atoms with E-state index in [0.29, 0.717) is 5.82 Å². The van der Waals surface area contributed by atoms with Gasteiger partial charge in [0.25, 0.3) is 0 Å². The second kappa shape index (κ2) is 3.77. The molecule has 0 bridgehead atoms. The van der Waals surface area contributed by atoms with Gasteiger partial charge in [-0.2, -0.15) is 0 Å². The van der Waals surface area contributed by atoms with Crippen LogP contribution in [0.3, 0.4) is 0 Å². The fourth-order valence-corrected chi connectivity index (χ4v) is 2.30. The maximum Gasteiger partial charge on any atom is 0.131 e. The summed E-state index contributed by atoms with van der Waals surface area (Å²) in [4.78, 5) is 4.16. The van der Waals surface area contributed by atoms with Crippen LogP contribution in [0.4, 0.5) is 5.82 Å². The molecular weight excluding hydrogens is 212 g/mol. The van der Waals surface area contributed by atoms with Crippen molar-refractivity contribution in [2.75, 3.05) is 12.3 Å². The number of ether oxygens (including phenoxy) is 1. The Morgan fingerprint density at radius 3 is 3.00 bits per heavy atom. The fourth-order valence-electron chi connectivity index (χ4n) is 2.30. The standard InChI is InChI=1S/C14H14N2O/c1-9-4-6-16-14(15)13(9)11-2-3-12-10(8-11)5-7-17-12/h2-4,6,8H,5,7H2,1H3,(H2,15,16). The smallest absolute Gasteiger partial charge is 0.131 e. The van der Waals surface area contributed by atoms with E-state index in [1.807, 2.05) is 18.2 Å². The van der Waals surface area contributed by atoms with Crippen LogP contribution in [0.1, 0.15) is 11.1 Å². The average molecular weight is 226 g/mol. The van der Waals surface area contributed by atoms with Crippen LogP contribution in [0.2, 0.25) is 0 Å². The van der Waals surface area contributed by atoms with Crippen LogP contribution in [0.25, 0.3) is 11.1 Å². The van der Waals surface area contributed by atoms with E-state index >= 15 is 0 Å². The van der Waals surface area contributed by atoms with Crippen molar-refractivity contribution >= 4 is 5.82 Å². The predicted octanol–water partition coefficient (Wildman–Crippen LogP) is 2.57. The third kappa shape index (κ3) is 1.64. The molecule has 2 aromatic rings. The van der Waals surface area contributed by atoms with Gasteiger partial charge in [0.2, 0.25) is 0 Å². The molecule has 0 aliphatic carbocycles. The van der Waals surface area contributed by atoms with Crippen LogP contribution in [0.15, 0.2) is 30.5 Å². The average Bonchev–Trinajstić information content (AvgIpc) is 2.76. The van der Waals surface area contributed by atoms with E-state index in [-0.39, 0.29) is 0 Å². The Hall–Kier alpha value is -2.03. The Balaban J connectivity index is 2.16. The number of hydrogen-bond acceptors (Lipinski definition) is 3. The third-order valence-corrected chi connectivity index (χ3v) is 3.17. The van der Waals surface area contributed by atoms with Crippen molar-refractivity contribution in [1.29, 1.82) is 0 Å². The van der Waals surface area contributed by atoms with Crippen molar-refractivity contribution in [1.82, 2.24) is 4.98 Å². The number of benzene rings is 1. The Labute approximate surface area is 100 Å². The Bertz CT molecular complexity index is 558. The van der Waals surface area contributed by atoms with Gasteiger partial charge in [-0.05, 0) is 41.8 Å². The molecule has 0 atom stereocenters. The van der Waals surface area contributed by atoms with Crippen LogP contribution in [0.5, 0.6) is 5.75 Å². The predicted molar refractivity (Wildman–Crippen MR) is 68.0 cm³/mol. The van der Waals surface area contributed by atoms with Gasteiger partial charge >= 0.3 is 0 Å². The maximum absolute atomic E-state index is 5.96. The van der Waals surface area contributed by atoms with Gasteiger partial charge in [0.05, 0.1) is 6.61 Å². The van der Waals surface area contributed by atoms with Crippen molar-refractivity contribution in [3.05, 3.63) is 41.6 Å². The minimum atomic E-state index is 0.587. The molecule has 0 amide bonds. The lowest BCUT2D eigenvalue weighted by Crippen LogP contribution is -1.96. The van der Waals surface area contributed by atoms with Crippen molar-refractivity contribution in [3.63, 3.8) is 0 Å².